The molecule has 4 saturated carbocycles. The number of benzene rings is 1. The lowest BCUT2D eigenvalue weighted by molar-refractivity contribution is -0.0120. The van der Waals surface area contributed by atoms with Crippen LogP contribution in [-0.4, -0.2) is 22.1 Å². The summed E-state index contributed by atoms with van der Waals surface area (Å²) in [7, 11) is 0. The highest BCUT2D eigenvalue weighted by Gasteiger charge is 2.48. The Kier molecular flexibility index (Phi) is 4.02. The summed E-state index contributed by atoms with van der Waals surface area (Å²) in [6, 6.07) is 7.36. The molecule has 0 saturated heterocycles. The highest BCUT2D eigenvalue weighted by molar-refractivity contribution is 6.36. The molecule has 0 aliphatic heterocycles. The number of halogens is 2. The molecule has 2 aromatic rings. The van der Waals surface area contributed by atoms with Gasteiger partial charge in [-0.25, -0.2) is 0 Å². The standard InChI is InChI=1S/C20H21Cl2N3O/c21-14-1-2-15(16(22)8-14)17-9-18(25-24-17)20(26)23-19-12-4-10-3-11(6-12)7-13(19)5-10/h1-2,8-13,19H,3-7H2,(H,23,26)(H,24,25). The van der Waals surface area contributed by atoms with Gasteiger partial charge in [-0.15, -0.1) is 0 Å². The molecule has 136 valence electrons. The number of H-pyrrole nitrogens is 1. The zero-order valence-corrected chi connectivity index (χ0v) is 15.9. The number of carbonyl (C=O) groups excluding carboxylic acids is 1. The molecule has 1 amide bonds. The van der Waals surface area contributed by atoms with Crippen LogP contribution in [0.1, 0.15) is 42.6 Å². The summed E-state index contributed by atoms with van der Waals surface area (Å²) in [5, 5.41) is 11.5. The van der Waals surface area contributed by atoms with Gasteiger partial charge >= 0.3 is 0 Å². The van der Waals surface area contributed by atoms with E-state index in [2.05, 4.69) is 15.5 Å². The van der Waals surface area contributed by atoms with E-state index in [0.717, 1.165) is 17.4 Å². The van der Waals surface area contributed by atoms with Crippen LogP contribution in [0.25, 0.3) is 11.3 Å². The Labute approximate surface area is 162 Å². The number of nitrogens with one attached hydrogen (secondary N) is 2. The van der Waals surface area contributed by atoms with Crippen LogP contribution < -0.4 is 5.32 Å². The van der Waals surface area contributed by atoms with Crippen LogP contribution in [0.4, 0.5) is 0 Å². The van der Waals surface area contributed by atoms with Gasteiger partial charge in [0.25, 0.3) is 5.91 Å². The lowest BCUT2D eigenvalue weighted by Crippen LogP contribution is -2.55. The predicted molar refractivity (Wildman–Crippen MR) is 102 cm³/mol. The molecule has 0 spiro atoms. The van der Waals surface area contributed by atoms with Gasteiger partial charge in [0.2, 0.25) is 0 Å². The number of amides is 1. The molecular weight excluding hydrogens is 369 g/mol. The van der Waals surface area contributed by atoms with Crippen LogP contribution >= 0.6 is 23.2 Å². The highest BCUT2D eigenvalue weighted by Crippen LogP contribution is 2.53. The van der Waals surface area contributed by atoms with E-state index in [1.807, 2.05) is 6.07 Å². The van der Waals surface area contributed by atoms with Gasteiger partial charge in [0, 0.05) is 16.6 Å². The summed E-state index contributed by atoms with van der Waals surface area (Å²) < 4.78 is 0. The Morgan fingerprint density at radius 1 is 1.04 bits per heavy atom. The third kappa shape index (κ3) is 2.84. The second-order valence-corrected chi connectivity index (χ2v) is 9.06. The van der Waals surface area contributed by atoms with Gasteiger partial charge < -0.3 is 5.32 Å². The van der Waals surface area contributed by atoms with Crippen LogP contribution in [0, 0.1) is 23.7 Å². The molecule has 6 rings (SSSR count). The first-order chi connectivity index (χ1) is 12.6. The second-order valence-electron chi connectivity index (χ2n) is 8.22. The number of nitrogens with zero attached hydrogens (tertiary/aromatic N) is 1. The Hall–Kier alpha value is -1.52. The van der Waals surface area contributed by atoms with Gasteiger partial charge in [-0.1, -0.05) is 23.2 Å². The first kappa shape index (κ1) is 16.6. The van der Waals surface area contributed by atoms with Crippen molar-refractivity contribution in [2.24, 2.45) is 23.7 Å². The average molecular weight is 390 g/mol. The Balaban J connectivity index is 1.33. The maximum atomic E-state index is 12.8. The molecule has 0 unspecified atom stereocenters. The molecule has 6 heteroatoms. The van der Waals surface area contributed by atoms with Crippen molar-refractivity contribution in [1.82, 2.24) is 15.5 Å². The second kappa shape index (κ2) is 6.28. The van der Waals surface area contributed by atoms with Crippen molar-refractivity contribution in [2.45, 2.75) is 38.1 Å². The number of aromatic nitrogens is 2. The SMILES string of the molecule is O=C(NC1C2CC3CC(C2)CC1C3)c1cc(-c2ccc(Cl)cc2Cl)n[nH]1. The molecule has 4 aliphatic rings. The number of aromatic amines is 1. The zero-order chi connectivity index (χ0) is 17.8. The van der Waals surface area contributed by atoms with Crippen molar-refractivity contribution >= 4 is 29.1 Å². The van der Waals surface area contributed by atoms with E-state index in [-0.39, 0.29) is 5.91 Å². The van der Waals surface area contributed by atoms with Crippen LogP contribution in [-0.2, 0) is 0 Å². The van der Waals surface area contributed by atoms with Gasteiger partial charge in [-0.05, 0) is 80.0 Å². The van der Waals surface area contributed by atoms with E-state index in [9.17, 15) is 4.79 Å². The molecular formula is C20H21Cl2N3O. The Morgan fingerprint density at radius 3 is 2.38 bits per heavy atom. The molecule has 0 radical (unpaired) electrons. The summed E-state index contributed by atoms with van der Waals surface area (Å²) >= 11 is 12.2. The summed E-state index contributed by atoms with van der Waals surface area (Å²) in [5.41, 5.74) is 1.91. The first-order valence-electron chi connectivity index (χ1n) is 9.38. The van der Waals surface area contributed by atoms with Crippen LogP contribution in [0.5, 0.6) is 0 Å². The fraction of sp³-hybridized carbons (Fsp3) is 0.500. The molecule has 0 atom stereocenters. The lowest BCUT2D eigenvalue weighted by Gasteiger charge is -2.54. The van der Waals surface area contributed by atoms with E-state index in [4.69, 9.17) is 23.2 Å². The van der Waals surface area contributed by atoms with E-state index in [1.54, 1.807) is 18.2 Å². The minimum atomic E-state index is -0.0636. The highest BCUT2D eigenvalue weighted by atomic mass is 35.5. The van der Waals surface area contributed by atoms with Gasteiger partial charge in [-0.2, -0.15) is 5.10 Å². The molecule has 26 heavy (non-hydrogen) atoms. The third-order valence-corrected chi connectivity index (χ3v) is 7.10. The monoisotopic (exact) mass is 389 g/mol. The third-order valence-electron chi connectivity index (χ3n) is 6.55. The van der Waals surface area contributed by atoms with E-state index >= 15 is 0 Å². The van der Waals surface area contributed by atoms with E-state index < -0.39 is 0 Å². The molecule has 1 aromatic heterocycles. The number of rotatable bonds is 3. The lowest BCUT2D eigenvalue weighted by atomic mass is 9.54. The minimum absolute atomic E-state index is 0.0636. The zero-order valence-electron chi connectivity index (χ0n) is 14.3. The molecule has 2 N–H and O–H groups in total. The van der Waals surface area contributed by atoms with Crippen molar-refractivity contribution in [3.8, 4) is 11.3 Å². The Bertz CT molecular complexity index is 834. The van der Waals surface area contributed by atoms with Gasteiger partial charge in [-0.3, -0.25) is 9.89 Å². The van der Waals surface area contributed by atoms with Gasteiger partial charge in [0.05, 0.1) is 10.7 Å². The molecule has 4 fully saturated rings. The van der Waals surface area contributed by atoms with Crippen LogP contribution in [0.3, 0.4) is 0 Å². The van der Waals surface area contributed by atoms with Crippen molar-refractivity contribution in [3.05, 3.63) is 40.0 Å². The summed E-state index contributed by atoms with van der Waals surface area (Å²) in [5.74, 6) is 3.05. The van der Waals surface area contributed by atoms with Crippen molar-refractivity contribution < 1.29 is 4.79 Å². The topological polar surface area (TPSA) is 57.8 Å². The largest absolute Gasteiger partial charge is 0.347 e. The van der Waals surface area contributed by atoms with Gasteiger partial charge in [0.1, 0.15) is 5.69 Å². The number of carbonyl (C=O) groups is 1. The Morgan fingerprint density at radius 2 is 1.73 bits per heavy atom. The maximum absolute atomic E-state index is 12.8. The fourth-order valence-corrected chi connectivity index (χ4v) is 6.17. The molecule has 1 aromatic carbocycles. The molecule has 4 nitrogen and oxygen atoms in total. The normalized spacial score (nSPS) is 32.0. The van der Waals surface area contributed by atoms with Gasteiger partial charge in [0.15, 0.2) is 0 Å². The molecule has 1 heterocycles. The number of hydrogen-bond acceptors (Lipinski definition) is 2. The summed E-state index contributed by atoms with van der Waals surface area (Å²) in [6.45, 7) is 0. The number of hydrogen-bond donors (Lipinski definition) is 2. The first-order valence-corrected chi connectivity index (χ1v) is 10.1. The fourth-order valence-electron chi connectivity index (χ4n) is 5.66. The average Bonchev–Trinajstić information content (AvgIpc) is 3.07. The van der Waals surface area contributed by atoms with Crippen LogP contribution in [0.15, 0.2) is 24.3 Å². The van der Waals surface area contributed by atoms with Crippen LogP contribution in [0.2, 0.25) is 10.0 Å². The maximum Gasteiger partial charge on any atom is 0.269 e. The van der Waals surface area contributed by atoms with E-state index in [0.29, 0.717) is 39.3 Å². The van der Waals surface area contributed by atoms with Crippen molar-refractivity contribution in [2.75, 3.05) is 0 Å². The quantitative estimate of drug-likeness (QED) is 0.780. The minimum Gasteiger partial charge on any atom is -0.347 e. The predicted octanol–water partition coefficient (Wildman–Crippen LogP) is 4.94. The summed E-state index contributed by atoms with van der Waals surface area (Å²) in [6.07, 6.45) is 6.55. The molecule has 4 bridgehead atoms. The van der Waals surface area contributed by atoms with E-state index in [1.165, 1.54) is 32.1 Å². The summed E-state index contributed by atoms with van der Waals surface area (Å²) in [4.78, 5) is 12.8. The van der Waals surface area contributed by atoms with Crippen molar-refractivity contribution in [3.63, 3.8) is 0 Å². The molecule has 4 aliphatic carbocycles. The van der Waals surface area contributed by atoms with Crippen molar-refractivity contribution in [1.29, 1.82) is 0 Å². The smallest absolute Gasteiger partial charge is 0.269 e.